The molecular weight excluding hydrogens is 164 g/mol. The first-order chi connectivity index (χ1) is 6.16. The van der Waals surface area contributed by atoms with Gasteiger partial charge in [0, 0.05) is 0 Å². The predicted octanol–water partition coefficient (Wildman–Crippen LogP) is 2.54. The topological polar surface area (TPSA) is 37.3 Å². The average Bonchev–Trinajstić information content (AvgIpc) is 2.10. The van der Waals surface area contributed by atoms with Crippen LogP contribution in [0.1, 0.15) is 52.4 Å². The van der Waals surface area contributed by atoms with Crippen LogP contribution in [0.15, 0.2) is 0 Å². The van der Waals surface area contributed by atoms with E-state index in [1.807, 2.05) is 0 Å². The largest absolute Gasteiger partial charge is 0.386 e. The summed E-state index contributed by atoms with van der Waals surface area (Å²) in [5, 5.41) is 8.93. The molecule has 2 nitrogen and oxygen atoms in total. The minimum absolute atomic E-state index is 0.619. The van der Waals surface area contributed by atoms with Gasteiger partial charge in [0.2, 0.25) is 0 Å². The fraction of sp³-hybridized carbons (Fsp3) is 0.909. The zero-order valence-corrected chi connectivity index (χ0v) is 8.83. The number of aldehydes is 1. The van der Waals surface area contributed by atoms with Gasteiger partial charge < -0.3 is 9.90 Å². The van der Waals surface area contributed by atoms with Gasteiger partial charge in [0.05, 0.1) is 0 Å². The Labute approximate surface area is 81.3 Å². The lowest BCUT2D eigenvalue weighted by atomic mass is 10.0. The van der Waals surface area contributed by atoms with Crippen LogP contribution in [0.4, 0.5) is 0 Å². The molecule has 1 atom stereocenters. The molecule has 0 fully saturated rings. The summed E-state index contributed by atoms with van der Waals surface area (Å²) in [6.45, 7) is 4.46. The summed E-state index contributed by atoms with van der Waals surface area (Å²) in [4.78, 5) is 10.1. The molecule has 78 valence electrons. The third-order valence-electron chi connectivity index (χ3n) is 2.19. The lowest BCUT2D eigenvalue weighted by molar-refractivity contribution is -0.115. The van der Waals surface area contributed by atoms with Crippen molar-refractivity contribution < 1.29 is 9.90 Å². The van der Waals surface area contributed by atoms with Crippen LogP contribution < -0.4 is 0 Å². The van der Waals surface area contributed by atoms with E-state index in [2.05, 4.69) is 13.8 Å². The highest BCUT2D eigenvalue weighted by Gasteiger charge is 2.00. The molecule has 0 spiro atoms. The van der Waals surface area contributed by atoms with E-state index in [0.29, 0.717) is 12.7 Å². The van der Waals surface area contributed by atoms with Crippen LogP contribution in [-0.2, 0) is 4.79 Å². The second-order valence-electron chi connectivity index (χ2n) is 4.09. The number of carbonyl (C=O) groups excluding carboxylic acids is 1. The zero-order valence-electron chi connectivity index (χ0n) is 8.83. The van der Waals surface area contributed by atoms with Crippen molar-refractivity contribution in [1.29, 1.82) is 0 Å². The summed E-state index contributed by atoms with van der Waals surface area (Å²) in [5.41, 5.74) is 0. The molecule has 1 N–H and O–H groups in total. The Balaban J connectivity index is 3.03. The number of rotatable bonds is 8. The number of aliphatic hydroxyl groups is 1. The van der Waals surface area contributed by atoms with Gasteiger partial charge in [-0.2, -0.15) is 0 Å². The van der Waals surface area contributed by atoms with E-state index in [1.165, 1.54) is 19.3 Å². The fourth-order valence-corrected chi connectivity index (χ4v) is 1.33. The molecule has 0 aliphatic heterocycles. The van der Waals surface area contributed by atoms with Crippen molar-refractivity contribution in [2.45, 2.75) is 58.5 Å². The number of aliphatic hydroxyl groups excluding tert-OH is 1. The predicted molar refractivity (Wildman–Crippen MR) is 54.6 cm³/mol. The molecule has 0 aliphatic carbocycles. The number of carbonyl (C=O) groups is 1. The quantitative estimate of drug-likeness (QED) is 0.467. The minimum Gasteiger partial charge on any atom is -0.386 e. The van der Waals surface area contributed by atoms with Gasteiger partial charge in [0.25, 0.3) is 0 Å². The second kappa shape index (κ2) is 8.24. The first kappa shape index (κ1) is 12.6. The standard InChI is InChI=1S/C11H22O2/c1-10(2)7-5-3-4-6-8-11(13)9-12/h9-11,13H,3-8H2,1-2H3. The molecule has 0 heterocycles. The summed E-state index contributed by atoms with van der Waals surface area (Å²) >= 11 is 0. The van der Waals surface area contributed by atoms with Gasteiger partial charge in [-0.15, -0.1) is 0 Å². The molecule has 0 rings (SSSR count). The normalized spacial score (nSPS) is 13.2. The summed E-state index contributed by atoms with van der Waals surface area (Å²) in [7, 11) is 0. The van der Waals surface area contributed by atoms with Crippen molar-refractivity contribution >= 4 is 6.29 Å². The van der Waals surface area contributed by atoms with E-state index in [1.54, 1.807) is 0 Å². The van der Waals surface area contributed by atoms with Gasteiger partial charge in [-0.3, -0.25) is 0 Å². The molecule has 0 aromatic heterocycles. The minimum atomic E-state index is -0.731. The molecule has 1 unspecified atom stereocenters. The molecular formula is C11H22O2. The Morgan fingerprint density at radius 1 is 1.08 bits per heavy atom. The molecule has 0 aliphatic rings. The van der Waals surface area contributed by atoms with Gasteiger partial charge in [-0.1, -0.05) is 46.0 Å². The highest BCUT2D eigenvalue weighted by molar-refractivity contribution is 5.55. The summed E-state index contributed by atoms with van der Waals surface area (Å²) in [5.74, 6) is 0.792. The van der Waals surface area contributed by atoms with E-state index >= 15 is 0 Å². The Kier molecular flexibility index (Phi) is 8.00. The van der Waals surface area contributed by atoms with Gasteiger partial charge in [0.1, 0.15) is 12.4 Å². The monoisotopic (exact) mass is 186 g/mol. The maximum absolute atomic E-state index is 10.1. The highest BCUT2D eigenvalue weighted by atomic mass is 16.3. The Hall–Kier alpha value is -0.370. The van der Waals surface area contributed by atoms with E-state index in [9.17, 15) is 4.79 Å². The van der Waals surface area contributed by atoms with E-state index in [0.717, 1.165) is 18.8 Å². The Bertz CT molecular complexity index is 121. The second-order valence-corrected chi connectivity index (χ2v) is 4.09. The van der Waals surface area contributed by atoms with Gasteiger partial charge >= 0.3 is 0 Å². The smallest absolute Gasteiger partial charge is 0.148 e. The number of hydrogen-bond donors (Lipinski definition) is 1. The lowest BCUT2D eigenvalue weighted by Crippen LogP contribution is -2.06. The van der Waals surface area contributed by atoms with E-state index in [-0.39, 0.29) is 0 Å². The van der Waals surface area contributed by atoms with Crippen LogP contribution in [-0.4, -0.2) is 17.5 Å². The van der Waals surface area contributed by atoms with E-state index in [4.69, 9.17) is 5.11 Å². The molecule has 0 aromatic rings. The van der Waals surface area contributed by atoms with E-state index < -0.39 is 6.10 Å². The van der Waals surface area contributed by atoms with Crippen molar-refractivity contribution in [2.75, 3.05) is 0 Å². The van der Waals surface area contributed by atoms with Gasteiger partial charge in [-0.05, 0) is 12.3 Å². The van der Waals surface area contributed by atoms with Crippen LogP contribution >= 0.6 is 0 Å². The van der Waals surface area contributed by atoms with Crippen LogP contribution in [0, 0.1) is 5.92 Å². The van der Waals surface area contributed by atoms with Crippen molar-refractivity contribution in [1.82, 2.24) is 0 Å². The number of hydrogen-bond acceptors (Lipinski definition) is 2. The van der Waals surface area contributed by atoms with Crippen LogP contribution in [0.3, 0.4) is 0 Å². The maximum atomic E-state index is 10.1. The fourth-order valence-electron chi connectivity index (χ4n) is 1.33. The molecule has 0 saturated carbocycles. The summed E-state index contributed by atoms with van der Waals surface area (Å²) < 4.78 is 0. The van der Waals surface area contributed by atoms with Crippen molar-refractivity contribution in [2.24, 2.45) is 5.92 Å². The molecule has 0 radical (unpaired) electrons. The first-order valence-electron chi connectivity index (χ1n) is 5.30. The van der Waals surface area contributed by atoms with Crippen molar-refractivity contribution in [3.8, 4) is 0 Å². The van der Waals surface area contributed by atoms with Gasteiger partial charge in [-0.25, -0.2) is 0 Å². The molecule has 0 saturated heterocycles. The first-order valence-corrected chi connectivity index (χ1v) is 5.30. The Morgan fingerprint density at radius 3 is 2.08 bits per heavy atom. The summed E-state index contributed by atoms with van der Waals surface area (Å²) in [6.07, 6.45) is 6.41. The molecule has 2 heteroatoms. The summed E-state index contributed by atoms with van der Waals surface area (Å²) in [6, 6.07) is 0. The highest BCUT2D eigenvalue weighted by Crippen LogP contribution is 2.10. The van der Waals surface area contributed by atoms with Crippen molar-refractivity contribution in [3.63, 3.8) is 0 Å². The third kappa shape index (κ3) is 9.54. The van der Waals surface area contributed by atoms with Crippen molar-refractivity contribution in [3.05, 3.63) is 0 Å². The molecule has 13 heavy (non-hydrogen) atoms. The SMILES string of the molecule is CC(C)CCCCCCC(O)C=O. The van der Waals surface area contributed by atoms with Crippen LogP contribution in [0.25, 0.3) is 0 Å². The van der Waals surface area contributed by atoms with Crippen LogP contribution in [0.2, 0.25) is 0 Å². The lowest BCUT2D eigenvalue weighted by Gasteiger charge is -2.04. The third-order valence-corrected chi connectivity index (χ3v) is 2.19. The average molecular weight is 186 g/mol. The molecule has 0 amide bonds. The maximum Gasteiger partial charge on any atom is 0.148 e. The Morgan fingerprint density at radius 2 is 1.62 bits per heavy atom. The molecule has 0 bridgehead atoms. The molecule has 0 aromatic carbocycles. The van der Waals surface area contributed by atoms with Gasteiger partial charge in [0.15, 0.2) is 0 Å². The van der Waals surface area contributed by atoms with Crippen LogP contribution in [0.5, 0.6) is 0 Å². The number of unbranched alkanes of at least 4 members (excludes halogenated alkanes) is 3. The zero-order chi connectivity index (χ0) is 10.1.